The highest BCUT2D eigenvalue weighted by atomic mass is 35.5. The van der Waals surface area contributed by atoms with Crippen molar-refractivity contribution < 1.29 is 0 Å². The highest BCUT2D eigenvalue weighted by molar-refractivity contribution is 6.30. The molecule has 0 fully saturated rings. The molecule has 24 heavy (non-hydrogen) atoms. The quantitative estimate of drug-likeness (QED) is 0.483. The summed E-state index contributed by atoms with van der Waals surface area (Å²) in [6.07, 6.45) is 4.52. The number of aliphatic imine (C=N–C) groups is 1. The van der Waals surface area contributed by atoms with Gasteiger partial charge in [-0.05, 0) is 31.0 Å². The molecule has 1 N–H and O–H groups in total. The highest BCUT2D eigenvalue weighted by Crippen LogP contribution is 2.14. The summed E-state index contributed by atoms with van der Waals surface area (Å²) in [6.45, 7) is 4.30. The molecule has 2 aromatic heterocycles. The number of nitrogens with one attached hydrogen (secondary N) is 1. The maximum absolute atomic E-state index is 6.05. The van der Waals surface area contributed by atoms with E-state index in [1.807, 2.05) is 37.0 Å². The van der Waals surface area contributed by atoms with Gasteiger partial charge in [0.2, 0.25) is 0 Å². The first-order valence-electron chi connectivity index (χ1n) is 7.90. The maximum atomic E-state index is 6.05. The van der Waals surface area contributed by atoms with Crippen LogP contribution in [0.5, 0.6) is 0 Å². The van der Waals surface area contributed by atoms with Gasteiger partial charge in [-0.15, -0.1) is 0 Å². The summed E-state index contributed by atoms with van der Waals surface area (Å²) < 4.78 is 2.03. The zero-order chi connectivity index (χ0) is 17.5. The molecule has 0 atom stereocenters. The van der Waals surface area contributed by atoms with E-state index in [0.29, 0.717) is 11.7 Å². The van der Waals surface area contributed by atoms with Crippen LogP contribution in [0.2, 0.25) is 10.2 Å². The molecular formula is C17H23Cl2N5. The number of halogens is 2. The number of nitrogens with zero attached hydrogens (tertiary/aromatic N) is 4. The summed E-state index contributed by atoms with van der Waals surface area (Å²) in [5.41, 5.74) is 2.26. The van der Waals surface area contributed by atoms with Crippen LogP contribution in [0.25, 0.3) is 0 Å². The van der Waals surface area contributed by atoms with Gasteiger partial charge in [-0.25, -0.2) is 4.98 Å². The van der Waals surface area contributed by atoms with Gasteiger partial charge in [-0.3, -0.25) is 4.99 Å². The van der Waals surface area contributed by atoms with Crippen LogP contribution in [0.4, 0.5) is 0 Å². The lowest BCUT2D eigenvalue weighted by molar-refractivity contribution is 0.462. The van der Waals surface area contributed by atoms with Gasteiger partial charge in [0.25, 0.3) is 0 Å². The lowest BCUT2D eigenvalue weighted by atomic mass is 10.2. The molecule has 2 heterocycles. The van der Waals surface area contributed by atoms with E-state index in [2.05, 4.69) is 22.1 Å². The molecule has 0 amide bonds. The first kappa shape index (κ1) is 18.6. The van der Waals surface area contributed by atoms with Crippen molar-refractivity contribution in [1.29, 1.82) is 0 Å². The van der Waals surface area contributed by atoms with Crippen molar-refractivity contribution in [1.82, 2.24) is 19.8 Å². The zero-order valence-corrected chi connectivity index (χ0v) is 15.8. The van der Waals surface area contributed by atoms with Gasteiger partial charge >= 0.3 is 0 Å². The third-order valence-electron chi connectivity index (χ3n) is 3.62. The fourth-order valence-electron chi connectivity index (χ4n) is 2.36. The van der Waals surface area contributed by atoms with E-state index in [9.17, 15) is 0 Å². The number of guanidine groups is 1. The van der Waals surface area contributed by atoms with Gasteiger partial charge in [0.05, 0.1) is 11.6 Å². The summed E-state index contributed by atoms with van der Waals surface area (Å²) in [4.78, 5) is 10.9. The van der Waals surface area contributed by atoms with E-state index in [0.717, 1.165) is 41.7 Å². The molecule has 0 radical (unpaired) electrons. The van der Waals surface area contributed by atoms with Gasteiger partial charge in [-0.2, -0.15) is 0 Å². The van der Waals surface area contributed by atoms with E-state index in [1.54, 1.807) is 12.3 Å². The Morgan fingerprint density at radius 1 is 1.38 bits per heavy atom. The number of aromatic nitrogens is 2. The minimum Gasteiger partial charge on any atom is -0.357 e. The van der Waals surface area contributed by atoms with Crippen molar-refractivity contribution in [2.45, 2.75) is 19.9 Å². The smallest absolute Gasteiger partial charge is 0.194 e. The molecule has 0 bridgehead atoms. The second-order valence-corrected chi connectivity index (χ2v) is 6.42. The standard InChI is InChI=1S/C17H23Cl2N5/c1-4-20-17(21-8-7-13-5-6-16(19)22-10-13)24(3)12-15-9-14(18)11-23(15)2/h5-6,9-11H,4,7-8,12H2,1-3H3,(H,20,21). The van der Waals surface area contributed by atoms with Gasteiger partial charge in [0.1, 0.15) is 5.15 Å². The first-order valence-corrected chi connectivity index (χ1v) is 8.65. The van der Waals surface area contributed by atoms with Crippen molar-refractivity contribution in [2.24, 2.45) is 12.0 Å². The fourth-order valence-corrected chi connectivity index (χ4v) is 2.74. The van der Waals surface area contributed by atoms with Crippen molar-refractivity contribution in [3.63, 3.8) is 0 Å². The second-order valence-electron chi connectivity index (χ2n) is 5.59. The zero-order valence-electron chi connectivity index (χ0n) is 14.3. The molecule has 2 rings (SSSR count). The molecule has 7 heteroatoms. The van der Waals surface area contributed by atoms with E-state index in [-0.39, 0.29) is 0 Å². The summed E-state index contributed by atoms with van der Waals surface area (Å²) in [5, 5.41) is 4.58. The molecule has 0 saturated heterocycles. The maximum Gasteiger partial charge on any atom is 0.194 e. The average Bonchev–Trinajstić information content (AvgIpc) is 2.86. The van der Waals surface area contributed by atoms with Crippen LogP contribution in [0.1, 0.15) is 18.2 Å². The summed E-state index contributed by atoms with van der Waals surface area (Å²) in [6, 6.07) is 5.76. The van der Waals surface area contributed by atoms with Gasteiger partial charge in [0, 0.05) is 45.3 Å². The summed E-state index contributed by atoms with van der Waals surface area (Å²) in [7, 11) is 4.01. The van der Waals surface area contributed by atoms with Crippen LogP contribution in [-0.4, -0.2) is 40.5 Å². The van der Waals surface area contributed by atoms with Crippen molar-refractivity contribution in [2.75, 3.05) is 20.1 Å². The van der Waals surface area contributed by atoms with Crippen molar-refractivity contribution in [3.8, 4) is 0 Å². The lowest BCUT2D eigenvalue weighted by Gasteiger charge is -2.22. The Kier molecular flexibility index (Phi) is 6.94. The Bertz CT molecular complexity index is 679. The highest BCUT2D eigenvalue weighted by Gasteiger charge is 2.09. The van der Waals surface area contributed by atoms with Gasteiger partial charge in [-0.1, -0.05) is 29.3 Å². The van der Waals surface area contributed by atoms with Crippen LogP contribution < -0.4 is 5.32 Å². The van der Waals surface area contributed by atoms with E-state index < -0.39 is 0 Å². The Morgan fingerprint density at radius 2 is 2.17 bits per heavy atom. The number of rotatable bonds is 6. The summed E-state index contributed by atoms with van der Waals surface area (Å²) >= 11 is 11.9. The van der Waals surface area contributed by atoms with Gasteiger partial charge < -0.3 is 14.8 Å². The molecule has 0 aromatic carbocycles. The molecule has 0 aliphatic rings. The number of pyridine rings is 1. The summed E-state index contributed by atoms with van der Waals surface area (Å²) in [5.74, 6) is 0.872. The predicted octanol–water partition coefficient (Wildman–Crippen LogP) is 3.37. The Labute approximate surface area is 153 Å². The Balaban J connectivity index is 1.98. The van der Waals surface area contributed by atoms with Crippen LogP contribution >= 0.6 is 23.2 Å². The minimum atomic E-state index is 0.511. The Morgan fingerprint density at radius 3 is 2.75 bits per heavy atom. The third-order valence-corrected chi connectivity index (χ3v) is 4.05. The normalized spacial score (nSPS) is 11.6. The molecule has 130 valence electrons. The third kappa shape index (κ3) is 5.42. The molecule has 5 nitrogen and oxygen atoms in total. The first-order chi connectivity index (χ1) is 11.5. The molecule has 0 unspecified atom stereocenters. The molecule has 2 aromatic rings. The average molecular weight is 368 g/mol. The molecule has 0 aliphatic carbocycles. The fraction of sp³-hybridized carbons (Fsp3) is 0.412. The van der Waals surface area contributed by atoms with Crippen LogP contribution in [0, 0.1) is 0 Å². The topological polar surface area (TPSA) is 45.5 Å². The van der Waals surface area contributed by atoms with E-state index in [4.69, 9.17) is 28.2 Å². The second kappa shape index (κ2) is 8.94. The van der Waals surface area contributed by atoms with Crippen LogP contribution in [0.3, 0.4) is 0 Å². The van der Waals surface area contributed by atoms with Crippen LogP contribution in [-0.2, 0) is 20.0 Å². The Hall–Kier alpha value is -1.72. The van der Waals surface area contributed by atoms with Crippen LogP contribution in [0.15, 0.2) is 35.6 Å². The molecular weight excluding hydrogens is 345 g/mol. The lowest BCUT2D eigenvalue weighted by Crippen LogP contribution is -2.39. The van der Waals surface area contributed by atoms with E-state index >= 15 is 0 Å². The largest absolute Gasteiger partial charge is 0.357 e. The minimum absolute atomic E-state index is 0.511. The number of hydrogen-bond acceptors (Lipinski definition) is 2. The van der Waals surface area contributed by atoms with Crippen molar-refractivity contribution in [3.05, 3.63) is 52.0 Å². The van der Waals surface area contributed by atoms with E-state index in [1.165, 1.54) is 0 Å². The number of aryl methyl sites for hydroxylation is 1. The van der Waals surface area contributed by atoms with Crippen molar-refractivity contribution >= 4 is 29.2 Å². The number of hydrogen-bond donors (Lipinski definition) is 1. The monoisotopic (exact) mass is 367 g/mol. The molecule has 0 aliphatic heterocycles. The molecule has 0 spiro atoms. The molecule has 0 saturated carbocycles. The SMILES string of the molecule is CCNC(=NCCc1ccc(Cl)nc1)N(C)Cc1cc(Cl)cn1C. The predicted molar refractivity (Wildman–Crippen MR) is 101 cm³/mol. The van der Waals surface area contributed by atoms with Gasteiger partial charge in [0.15, 0.2) is 5.96 Å².